The molecule has 0 amide bonds. The van der Waals surface area contributed by atoms with Crippen molar-refractivity contribution >= 4 is 28.2 Å². The van der Waals surface area contributed by atoms with E-state index in [0.29, 0.717) is 34.5 Å². The lowest BCUT2D eigenvalue weighted by molar-refractivity contribution is 0.00851. The molecular weight excluding hydrogens is 475 g/mol. The zero-order valence-electron chi connectivity index (χ0n) is 21.4. The first kappa shape index (κ1) is 23.9. The number of aromatic nitrogens is 6. The molecule has 1 aliphatic heterocycles. The summed E-state index contributed by atoms with van der Waals surface area (Å²) < 4.78 is 23.2. The number of ether oxygens (including phenoxy) is 1. The van der Waals surface area contributed by atoms with Gasteiger partial charge in [-0.15, -0.1) is 5.10 Å². The number of anilines is 2. The molecule has 10 nitrogen and oxygen atoms in total. The molecule has 3 N–H and O–H groups in total. The Balaban J connectivity index is 1.28. The van der Waals surface area contributed by atoms with Crippen molar-refractivity contribution in [2.45, 2.75) is 76.0 Å². The number of nitrogen functional groups attached to an aromatic ring is 1. The summed E-state index contributed by atoms with van der Waals surface area (Å²) in [6.45, 7) is 4.89. The highest BCUT2D eigenvalue weighted by atomic mass is 19.1. The van der Waals surface area contributed by atoms with Crippen molar-refractivity contribution in [2.24, 2.45) is 0 Å². The minimum atomic E-state index is -0.565. The van der Waals surface area contributed by atoms with Crippen molar-refractivity contribution in [1.82, 2.24) is 29.4 Å². The predicted molar refractivity (Wildman–Crippen MR) is 138 cm³/mol. The van der Waals surface area contributed by atoms with Crippen LogP contribution in [0.2, 0.25) is 0 Å². The Morgan fingerprint density at radius 3 is 2.70 bits per heavy atom. The summed E-state index contributed by atoms with van der Waals surface area (Å²) in [6, 6.07) is 3.58. The molecule has 2 unspecified atom stereocenters. The molecule has 0 spiro atoms. The average Bonchev–Trinajstić information content (AvgIpc) is 3.53. The van der Waals surface area contributed by atoms with E-state index >= 15 is 0 Å². The number of fused-ring (bicyclic) bond motifs is 3. The quantitative estimate of drug-likeness (QED) is 0.427. The van der Waals surface area contributed by atoms with Crippen LogP contribution in [0.5, 0.6) is 5.75 Å². The van der Waals surface area contributed by atoms with E-state index in [9.17, 15) is 9.50 Å². The maximum atomic E-state index is 14.5. The molecule has 6 rings (SSSR count). The van der Waals surface area contributed by atoms with Gasteiger partial charge in [0.05, 0.1) is 36.2 Å². The van der Waals surface area contributed by atoms with Gasteiger partial charge in [0.15, 0.2) is 23.0 Å². The Kier molecular flexibility index (Phi) is 5.70. The molecule has 196 valence electrons. The van der Waals surface area contributed by atoms with E-state index in [2.05, 4.69) is 32.8 Å². The van der Waals surface area contributed by atoms with E-state index in [-0.39, 0.29) is 17.6 Å². The van der Waals surface area contributed by atoms with Gasteiger partial charge in [0, 0.05) is 36.2 Å². The highest BCUT2D eigenvalue weighted by Crippen LogP contribution is 2.37. The minimum Gasteiger partial charge on any atom is -0.494 e. The molecule has 1 saturated heterocycles. The molecule has 0 bridgehead atoms. The van der Waals surface area contributed by atoms with Crippen LogP contribution in [-0.4, -0.2) is 59.8 Å². The van der Waals surface area contributed by atoms with Gasteiger partial charge in [-0.25, -0.2) is 14.4 Å². The predicted octanol–water partition coefficient (Wildman–Crippen LogP) is 3.84. The van der Waals surface area contributed by atoms with Gasteiger partial charge in [0.25, 0.3) is 0 Å². The van der Waals surface area contributed by atoms with Gasteiger partial charge in [-0.1, -0.05) is 0 Å². The second kappa shape index (κ2) is 8.83. The van der Waals surface area contributed by atoms with E-state index in [4.69, 9.17) is 20.6 Å². The van der Waals surface area contributed by atoms with Crippen LogP contribution < -0.4 is 15.4 Å². The summed E-state index contributed by atoms with van der Waals surface area (Å²) in [5.41, 5.74) is 7.72. The van der Waals surface area contributed by atoms with Gasteiger partial charge < -0.3 is 20.5 Å². The summed E-state index contributed by atoms with van der Waals surface area (Å²) in [4.78, 5) is 11.6. The van der Waals surface area contributed by atoms with Crippen molar-refractivity contribution in [3.05, 3.63) is 36.2 Å². The Labute approximate surface area is 214 Å². The Morgan fingerprint density at radius 2 is 1.95 bits per heavy atom. The number of piperidine rings is 1. The number of methoxy groups -OCH3 is 1. The lowest BCUT2D eigenvalue weighted by Crippen LogP contribution is -2.41. The number of hydrogen-bond donors (Lipinski definition) is 2. The third-order valence-corrected chi connectivity index (χ3v) is 8.16. The van der Waals surface area contributed by atoms with Crippen molar-refractivity contribution in [2.75, 3.05) is 24.3 Å². The van der Waals surface area contributed by atoms with E-state index in [0.717, 1.165) is 50.8 Å². The standard InChI is InChI=1S/C26H33FN8O2/c1-15-4-5-16(13-33(15)18-12-29-34(14-18)17-6-8-26(2,36)9-7-17)23-31-24-19-10-20(27)22(37-3)11-21(19)30-25(28)35(24)32-23/h10-12,14-17,36H,4-9,13H2,1-3H3,(H2,28,30). The van der Waals surface area contributed by atoms with Gasteiger partial charge in [-0.2, -0.15) is 9.61 Å². The van der Waals surface area contributed by atoms with Gasteiger partial charge in [0.1, 0.15) is 0 Å². The second-order valence-corrected chi connectivity index (χ2v) is 10.9. The van der Waals surface area contributed by atoms with E-state index in [1.165, 1.54) is 23.8 Å². The van der Waals surface area contributed by atoms with Crippen molar-refractivity contribution < 1.29 is 14.2 Å². The van der Waals surface area contributed by atoms with E-state index < -0.39 is 11.4 Å². The topological polar surface area (TPSA) is 120 Å². The maximum Gasteiger partial charge on any atom is 0.223 e. The highest BCUT2D eigenvalue weighted by molar-refractivity contribution is 5.93. The van der Waals surface area contributed by atoms with Gasteiger partial charge in [0.2, 0.25) is 5.95 Å². The number of hydrogen-bond acceptors (Lipinski definition) is 8. The lowest BCUT2D eigenvalue weighted by atomic mass is 9.84. The normalized spacial score (nSPS) is 26.7. The molecular formula is C26H33FN8O2. The van der Waals surface area contributed by atoms with Crippen LogP contribution in [0.4, 0.5) is 16.0 Å². The third-order valence-electron chi connectivity index (χ3n) is 8.16. The molecule has 1 aromatic carbocycles. The van der Waals surface area contributed by atoms with Gasteiger partial charge >= 0.3 is 0 Å². The molecule has 3 aromatic heterocycles. The number of halogens is 1. The number of rotatable bonds is 4. The average molecular weight is 509 g/mol. The third kappa shape index (κ3) is 4.24. The zero-order chi connectivity index (χ0) is 25.9. The zero-order valence-corrected chi connectivity index (χ0v) is 21.4. The summed E-state index contributed by atoms with van der Waals surface area (Å²) in [5.74, 6) is 0.588. The largest absolute Gasteiger partial charge is 0.494 e. The molecule has 2 atom stereocenters. The monoisotopic (exact) mass is 508 g/mol. The molecule has 1 saturated carbocycles. The molecule has 0 radical (unpaired) electrons. The molecule has 4 heterocycles. The SMILES string of the molecule is COc1cc2nc(N)n3nc(C4CCC(C)N(c5cnn(C6CCC(C)(O)CC6)c5)C4)nc3c2cc1F. The van der Waals surface area contributed by atoms with Crippen LogP contribution in [-0.2, 0) is 0 Å². The maximum absolute atomic E-state index is 14.5. The summed E-state index contributed by atoms with van der Waals surface area (Å²) in [5, 5.41) is 20.2. The first-order valence-corrected chi connectivity index (χ1v) is 12.9. The number of nitrogens with two attached hydrogens (primary N) is 1. The van der Waals surface area contributed by atoms with Gasteiger partial charge in [-0.05, 0) is 58.4 Å². The summed E-state index contributed by atoms with van der Waals surface area (Å²) in [6.07, 6.45) is 9.42. The fourth-order valence-corrected chi connectivity index (χ4v) is 5.82. The highest BCUT2D eigenvalue weighted by Gasteiger charge is 2.33. The fraction of sp³-hybridized carbons (Fsp3) is 0.538. The van der Waals surface area contributed by atoms with Crippen LogP contribution in [0.25, 0.3) is 16.6 Å². The molecule has 2 fully saturated rings. The van der Waals surface area contributed by atoms with Crippen LogP contribution in [0.3, 0.4) is 0 Å². The lowest BCUT2D eigenvalue weighted by Gasteiger charge is -2.38. The Bertz CT molecular complexity index is 1450. The van der Waals surface area contributed by atoms with Crippen LogP contribution in [0, 0.1) is 5.82 Å². The number of benzene rings is 1. The first-order chi connectivity index (χ1) is 17.7. The number of nitrogens with zero attached hydrogens (tertiary/aromatic N) is 7. The van der Waals surface area contributed by atoms with E-state index in [1.54, 1.807) is 0 Å². The first-order valence-electron chi connectivity index (χ1n) is 12.9. The molecule has 37 heavy (non-hydrogen) atoms. The minimum absolute atomic E-state index is 0.0850. The summed E-state index contributed by atoms with van der Waals surface area (Å²) >= 11 is 0. The van der Waals surface area contributed by atoms with Crippen molar-refractivity contribution in [3.63, 3.8) is 0 Å². The molecule has 11 heteroatoms. The second-order valence-electron chi connectivity index (χ2n) is 10.9. The number of aliphatic hydroxyl groups is 1. The Morgan fingerprint density at radius 1 is 1.16 bits per heavy atom. The van der Waals surface area contributed by atoms with E-state index in [1.807, 2.05) is 13.1 Å². The molecule has 2 aliphatic rings. The van der Waals surface area contributed by atoms with Crippen LogP contribution in [0.1, 0.15) is 70.2 Å². The van der Waals surface area contributed by atoms with Crippen molar-refractivity contribution in [1.29, 1.82) is 0 Å². The van der Waals surface area contributed by atoms with Crippen molar-refractivity contribution in [3.8, 4) is 5.75 Å². The fourth-order valence-electron chi connectivity index (χ4n) is 5.82. The Hall–Kier alpha value is -3.47. The molecule has 1 aliphatic carbocycles. The van der Waals surface area contributed by atoms with Crippen LogP contribution in [0.15, 0.2) is 24.5 Å². The van der Waals surface area contributed by atoms with Gasteiger partial charge in [-0.3, -0.25) is 4.68 Å². The molecule has 4 aromatic rings. The smallest absolute Gasteiger partial charge is 0.223 e. The van der Waals surface area contributed by atoms with Crippen LogP contribution >= 0.6 is 0 Å². The summed E-state index contributed by atoms with van der Waals surface area (Å²) in [7, 11) is 1.42.